The lowest BCUT2D eigenvalue weighted by Gasteiger charge is -2.32. The molecule has 0 saturated heterocycles. The molecule has 0 aliphatic rings. The smallest absolute Gasteiger partial charge is 0.264 e. The highest BCUT2D eigenvalue weighted by atomic mass is 32.2. The van der Waals surface area contributed by atoms with Gasteiger partial charge in [-0.2, -0.15) is 0 Å². The van der Waals surface area contributed by atoms with Gasteiger partial charge >= 0.3 is 0 Å². The molecule has 3 rings (SSSR count). The zero-order valence-electron chi connectivity index (χ0n) is 23.0. The molecule has 1 unspecified atom stereocenters. The molecule has 2 amide bonds. The van der Waals surface area contributed by atoms with Crippen molar-refractivity contribution in [2.24, 2.45) is 5.92 Å². The molecule has 0 bridgehead atoms. The molecule has 0 heterocycles. The quantitative estimate of drug-likeness (QED) is 0.369. The fourth-order valence-corrected chi connectivity index (χ4v) is 5.43. The number of nitrogens with one attached hydrogen (secondary N) is 1. The maximum Gasteiger partial charge on any atom is 0.264 e. The van der Waals surface area contributed by atoms with Gasteiger partial charge in [0.05, 0.1) is 10.6 Å². The molecule has 208 valence electrons. The van der Waals surface area contributed by atoms with Gasteiger partial charge in [-0.25, -0.2) is 12.8 Å². The number of carbonyl (C=O) groups is 2. The van der Waals surface area contributed by atoms with E-state index in [4.69, 9.17) is 0 Å². The molecule has 0 saturated carbocycles. The molecule has 0 spiro atoms. The monoisotopic (exact) mass is 553 g/mol. The van der Waals surface area contributed by atoms with E-state index in [2.05, 4.69) is 5.32 Å². The van der Waals surface area contributed by atoms with Crippen LogP contribution in [0.5, 0.6) is 0 Å². The van der Waals surface area contributed by atoms with Crippen LogP contribution in [-0.2, 0) is 26.2 Å². The topological polar surface area (TPSA) is 86.8 Å². The van der Waals surface area contributed by atoms with Gasteiger partial charge in [-0.1, -0.05) is 61.4 Å². The van der Waals surface area contributed by atoms with Crippen molar-refractivity contribution in [2.75, 3.05) is 17.4 Å². The van der Waals surface area contributed by atoms with Crippen molar-refractivity contribution in [3.63, 3.8) is 0 Å². The normalized spacial score (nSPS) is 12.2. The van der Waals surface area contributed by atoms with Crippen LogP contribution in [0.15, 0.2) is 77.7 Å². The number of carbonyl (C=O) groups excluding carboxylic acids is 2. The second-order valence-corrected chi connectivity index (χ2v) is 12.0. The summed E-state index contributed by atoms with van der Waals surface area (Å²) in [6.45, 7) is 9.40. The summed E-state index contributed by atoms with van der Waals surface area (Å²) in [5.41, 5.74) is 3.01. The summed E-state index contributed by atoms with van der Waals surface area (Å²) in [4.78, 5) is 28.1. The van der Waals surface area contributed by atoms with Gasteiger partial charge in [0.2, 0.25) is 11.8 Å². The van der Waals surface area contributed by atoms with Crippen LogP contribution >= 0.6 is 0 Å². The standard InChI is InChI=1S/C30H36FN3O4S/c1-21(2)18-32-30(36)24(5)33(19-25-8-6-7-23(4)17-25)29(35)20-34(27-13-9-22(3)10-14-27)39(37,38)28-15-11-26(31)12-16-28/h6-17,21,24H,18-20H2,1-5H3,(H,32,36). The van der Waals surface area contributed by atoms with Crippen molar-refractivity contribution in [3.8, 4) is 0 Å². The molecule has 0 aliphatic carbocycles. The minimum atomic E-state index is -4.24. The predicted molar refractivity (Wildman–Crippen MR) is 151 cm³/mol. The Balaban J connectivity index is 2.01. The van der Waals surface area contributed by atoms with Crippen molar-refractivity contribution >= 4 is 27.5 Å². The zero-order valence-corrected chi connectivity index (χ0v) is 23.8. The summed E-state index contributed by atoms with van der Waals surface area (Å²) >= 11 is 0. The Hall–Kier alpha value is -3.72. The van der Waals surface area contributed by atoms with Gasteiger partial charge in [0.25, 0.3) is 10.0 Å². The summed E-state index contributed by atoms with van der Waals surface area (Å²) in [6, 6.07) is 17.9. The first-order chi connectivity index (χ1) is 18.4. The molecule has 0 aliphatic heterocycles. The van der Waals surface area contributed by atoms with Crippen molar-refractivity contribution < 1.29 is 22.4 Å². The minimum Gasteiger partial charge on any atom is -0.354 e. The maximum absolute atomic E-state index is 13.9. The number of amides is 2. The summed E-state index contributed by atoms with van der Waals surface area (Å²) in [5, 5.41) is 2.87. The minimum absolute atomic E-state index is 0.120. The molecular weight excluding hydrogens is 517 g/mol. The highest BCUT2D eigenvalue weighted by Crippen LogP contribution is 2.25. The largest absolute Gasteiger partial charge is 0.354 e. The molecule has 7 nitrogen and oxygen atoms in total. The fraction of sp³-hybridized carbons (Fsp3) is 0.333. The Labute approximate surface area is 230 Å². The van der Waals surface area contributed by atoms with Crippen LogP contribution in [0.2, 0.25) is 0 Å². The fourth-order valence-electron chi connectivity index (χ4n) is 4.02. The number of aryl methyl sites for hydroxylation is 2. The highest BCUT2D eigenvalue weighted by molar-refractivity contribution is 7.92. The number of anilines is 1. The molecule has 0 aromatic heterocycles. The molecule has 39 heavy (non-hydrogen) atoms. The molecule has 0 fully saturated rings. The summed E-state index contributed by atoms with van der Waals surface area (Å²) in [7, 11) is -4.24. The number of nitrogens with zero attached hydrogens (tertiary/aromatic N) is 2. The van der Waals surface area contributed by atoms with Crippen molar-refractivity contribution in [1.82, 2.24) is 10.2 Å². The number of hydrogen-bond acceptors (Lipinski definition) is 4. The van der Waals surface area contributed by atoms with E-state index in [9.17, 15) is 22.4 Å². The predicted octanol–water partition coefficient (Wildman–Crippen LogP) is 4.83. The number of benzene rings is 3. The Kier molecular flexibility index (Phi) is 9.86. The third kappa shape index (κ3) is 7.89. The van der Waals surface area contributed by atoms with Gasteiger partial charge in [-0.15, -0.1) is 0 Å². The molecule has 3 aromatic carbocycles. The van der Waals surface area contributed by atoms with Crippen LogP contribution in [0.1, 0.15) is 37.5 Å². The van der Waals surface area contributed by atoms with E-state index in [1.54, 1.807) is 31.2 Å². The number of halogens is 1. The van der Waals surface area contributed by atoms with Crippen LogP contribution in [0.3, 0.4) is 0 Å². The van der Waals surface area contributed by atoms with Crippen LogP contribution in [0.4, 0.5) is 10.1 Å². The Bertz CT molecular complexity index is 1390. The molecule has 9 heteroatoms. The van der Waals surface area contributed by atoms with E-state index in [1.165, 1.54) is 17.0 Å². The Morgan fingerprint density at radius 3 is 2.13 bits per heavy atom. The van der Waals surface area contributed by atoms with Crippen LogP contribution in [-0.4, -0.2) is 44.3 Å². The molecule has 1 N–H and O–H groups in total. The van der Waals surface area contributed by atoms with Gasteiger partial charge in [0.15, 0.2) is 0 Å². The van der Waals surface area contributed by atoms with Gasteiger partial charge < -0.3 is 10.2 Å². The van der Waals surface area contributed by atoms with E-state index in [-0.39, 0.29) is 29.0 Å². The summed E-state index contributed by atoms with van der Waals surface area (Å²) < 4.78 is 42.0. The van der Waals surface area contributed by atoms with E-state index in [1.807, 2.05) is 52.0 Å². The van der Waals surface area contributed by atoms with Gasteiger partial charge in [0, 0.05) is 13.1 Å². The van der Waals surface area contributed by atoms with E-state index < -0.39 is 34.3 Å². The zero-order chi connectivity index (χ0) is 28.7. The lowest BCUT2D eigenvalue weighted by Crippen LogP contribution is -2.51. The van der Waals surface area contributed by atoms with E-state index >= 15 is 0 Å². The first kappa shape index (κ1) is 29.8. The molecule has 0 radical (unpaired) electrons. The van der Waals surface area contributed by atoms with Crippen molar-refractivity contribution in [1.29, 1.82) is 0 Å². The van der Waals surface area contributed by atoms with Crippen LogP contribution < -0.4 is 9.62 Å². The maximum atomic E-state index is 13.9. The summed E-state index contributed by atoms with van der Waals surface area (Å²) in [6.07, 6.45) is 0. The Morgan fingerprint density at radius 1 is 0.897 bits per heavy atom. The second-order valence-electron chi connectivity index (χ2n) is 10.1. The van der Waals surface area contributed by atoms with E-state index in [0.29, 0.717) is 6.54 Å². The third-order valence-electron chi connectivity index (χ3n) is 6.29. The lowest BCUT2D eigenvalue weighted by atomic mass is 10.1. The summed E-state index contributed by atoms with van der Waals surface area (Å²) in [5.74, 6) is -1.22. The third-order valence-corrected chi connectivity index (χ3v) is 8.08. The van der Waals surface area contributed by atoms with Gasteiger partial charge in [-0.05, 0) is 68.7 Å². The first-order valence-electron chi connectivity index (χ1n) is 12.9. The van der Waals surface area contributed by atoms with E-state index in [0.717, 1.165) is 33.1 Å². The molecule has 1 atom stereocenters. The molecular formula is C30H36FN3O4S. The second kappa shape index (κ2) is 12.9. The molecule has 3 aromatic rings. The van der Waals surface area contributed by atoms with Gasteiger partial charge in [0.1, 0.15) is 18.4 Å². The number of hydrogen-bond donors (Lipinski definition) is 1. The lowest BCUT2D eigenvalue weighted by molar-refractivity contribution is -0.139. The SMILES string of the molecule is Cc1ccc(N(CC(=O)N(Cc2cccc(C)c2)C(C)C(=O)NCC(C)C)S(=O)(=O)c2ccc(F)cc2)cc1. The van der Waals surface area contributed by atoms with Crippen LogP contribution in [0, 0.1) is 25.6 Å². The Morgan fingerprint density at radius 2 is 1.54 bits per heavy atom. The number of rotatable bonds is 11. The van der Waals surface area contributed by atoms with Crippen molar-refractivity contribution in [2.45, 2.75) is 52.1 Å². The van der Waals surface area contributed by atoms with Crippen molar-refractivity contribution in [3.05, 3.63) is 95.3 Å². The van der Waals surface area contributed by atoms with Crippen LogP contribution in [0.25, 0.3) is 0 Å². The first-order valence-corrected chi connectivity index (χ1v) is 14.3. The number of sulfonamides is 1. The highest BCUT2D eigenvalue weighted by Gasteiger charge is 2.32. The average Bonchev–Trinajstić information content (AvgIpc) is 2.89. The average molecular weight is 554 g/mol. The van der Waals surface area contributed by atoms with Gasteiger partial charge in [-0.3, -0.25) is 13.9 Å².